The molecule has 1 heterocycles. The summed E-state index contributed by atoms with van der Waals surface area (Å²) in [5.74, 6) is 0.871. The number of urea groups is 1. The average molecular weight is 654 g/mol. The first-order valence-corrected chi connectivity index (χ1v) is 14.3. The number of esters is 1. The summed E-state index contributed by atoms with van der Waals surface area (Å²) in [6.07, 6.45) is 0.445. The van der Waals surface area contributed by atoms with Crippen LogP contribution in [0.2, 0.25) is 0 Å². The van der Waals surface area contributed by atoms with Gasteiger partial charge in [-0.3, -0.25) is 5.43 Å². The Morgan fingerprint density at radius 3 is 2.63 bits per heavy atom. The third-order valence-corrected chi connectivity index (χ3v) is 6.81. The predicted molar refractivity (Wildman–Crippen MR) is 164 cm³/mol. The summed E-state index contributed by atoms with van der Waals surface area (Å²) in [6.45, 7) is 4.09. The molecule has 0 fully saturated rings. The number of rotatable bonds is 13. The van der Waals surface area contributed by atoms with E-state index in [1.54, 1.807) is 31.3 Å². The van der Waals surface area contributed by atoms with Crippen molar-refractivity contribution in [1.82, 2.24) is 16.1 Å². The van der Waals surface area contributed by atoms with E-state index in [0.29, 0.717) is 41.7 Å². The fourth-order valence-corrected chi connectivity index (χ4v) is 4.52. The monoisotopic (exact) mass is 652 g/mol. The number of carbonyl (C=O) groups is 2. The van der Waals surface area contributed by atoms with E-state index in [4.69, 9.17) is 18.9 Å². The van der Waals surface area contributed by atoms with Gasteiger partial charge in [0.05, 0.1) is 31.5 Å². The molecule has 226 valence electrons. The minimum atomic E-state index is -1.12. The molecule has 1 aliphatic heterocycles. The molecule has 0 aromatic heterocycles. The number of nitrogens with zero attached hydrogens (tertiary/aromatic N) is 1. The van der Waals surface area contributed by atoms with Gasteiger partial charge in [-0.2, -0.15) is 5.10 Å². The molecule has 0 unspecified atom stereocenters. The summed E-state index contributed by atoms with van der Waals surface area (Å²) >= 11 is 3.42. The number of aliphatic hydroxyl groups excluding tert-OH is 1. The van der Waals surface area contributed by atoms with E-state index in [-0.39, 0.29) is 12.2 Å². The molecule has 0 saturated carbocycles. The average Bonchev–Trinajstić information content (AvgIpc) is 3.00. The van der Waals surface area contributed by atoms with Crippen molar-refractivity contribution in [1.29, 1.82) is 0 Å². The van der Waals surface area contributed by atoms with Gasteiger partial charge in [-0.15, -0.1) is 0 Å². The number of benzene rings is 3. The fraction of sp³-hybridized carbons (Fsp3) is 0.258. The number of allylic oxidation sites excluding steroid dienone is 1. The lowest BCUT2D eigenvalue weighted by molar-refractivity contribution is -0.136. The maximum atomic E-state index is 12.4. The molecule has 43 heavy (non-hydrogen) atoms. The lowest BCUT2D eigenvalue weighted by Gasteiger charge is -2.28. The minimum Gasteiger partial charge on any atom is -0.490 e. The largest absolute Gasteiger partial charge is 0.490 e. The summed E-state index contributed by atoms with van der Waals surface area (Å²) in [6, 6.07) is 19.2. The standard InChI is InChI=1S/C31H33BrN4O7/c1-4-41-26-15-22(29-28(30(38)40-3)19(2)34-31(39)35-29)10-13-25(26)43-18-27(37)36-33-16-21-6-5-7-24(14-21)42-17-20-8-11-23(32)12-9-20/h5-16,27,29,36-37H,4,17-18H2,1-3H3,(H2,34,35,39)/b33-16+/t27-,29+/m1/s1. The van der Waals surface area contributed by atoms with Crippen LogP contribution in [0.3, 0.4) is 0 Å². The second-order valence-electron chi connectivity index (χ2n) is 9.40. The van der Waals surface area contributed by atoms with Crippen molar-refractivity contribution < 1.29 is 33.6 Å². The Hall–Kier alpha value is -4.55. The van der Waals surface area contributed by atoms with Gasteiger partial charge in [-0.05, 0) is 66.9 Å². The first kappa shape index (κ1) is 31.4. The van der Waals surface area contributed by atoms with Crippen LogP contribution in [0.25, 0.3) is 0 Å². The van der Waals surface area contributed by atoms with Crippen molar-refractivity contribution in [3.05, 3.63) is 99.2 Å². The van der Waals surface area contributed by atoms with Gasteiger partial charge < -0.3 is 34.7 Å². The topological polar surface area (TPSA) is 140 Å². The molecule has 11 nitrogen and oxygen atoms in total. The van der Waals surface area contributed by atoms with Crippen LogP contribution in [0.5, 0.6) is 17.2 Å². The van der Waals surface area contributed by atoms with Crippen LogP contribution in [0.4, 0.5) is 4.79 Å². The van der Waals surface area contributed by atoms with Crippen LogP contribution in [0.1, 0.15) is 36.6 Å². The minimum absolute atomic E-state index is 0.135. The van der Waals surface area contributed by atoms with E-state index in [1.807, 2.05) is 55.5 Å². The van der Waals surface area contributed by atoms with Gasteiger partial charge >= 0.3 is 12.0 Å². The van der Waals surface area contributed by atoms with Gasteiger partial charge in [-0.25, -0.2) is 9.59 Å². The Kier molecular flexibility index (Phi) is 11.0. The molecule has 0 bridgehead atoms. The molecule has 2 atom stereocenters. The summed E-state index contributed by atoms with van der Waals surface area (Å²) in [5.41, 5.74) is 5.73. The maximum Gasteiger partial charge on any atom is 0.337 e. The first-order valence-electron chi connectivity index (χ1n) is 13.5. The van der Waals surface area contributed by atoms with Crippen molar-refractivity contribution in [3.63, 3.8) is 0 Å². The van der Waals surface area contributed by atoms with E-state index in [0.717, 1.165) is 15.6 Å². The quantitative estimate of drug-likeness (QED) is 0.0913. The van der Waals surface area contributed by atoms with Crippen molar-refractivity contribution >= 4 is 34.1 Å². The Labute approximate surface area is 258 Å². The van der Waals surface area contributed by atoms with E-state index < -0.39 is 24.3 Å². The highest BCUT2D eigenvalue weighted by atomic mass is 79.9. The van der Waals surface area contributed by atoms with Gasteiger partial charge in [0.1, 0.15) is 19.0 Å². The van der Waals surface area contributed by atoms with Crippen LogP contribution in [0, 0.1) is 0 Å². The summed E-state index contributed by atoms with van der Waals surface area (Å²) in [5, 5.41) is 19.8. The molecule has 0 spiro atoms. The lowest BCUT2D eigenvalue weighted by Crippen LogP contribution is -2.45. The molecule has 3 aromatic rings. The number of hydrogen-bond donors (Lipinski definition) is 4. The molecule has 0 saturated heterocycles. The summed E-state index contributed by atoms with van der Waals surface area (Å²) < 4.78 is 23.3. The lowest BCUT2D eigenvalue weighted by atomic mass is 9.95. The van der Waals surface area contributed by atoms with E-state index >= 15 is 0 Å². The van der Waals surface area contributed by atoms with Gasteiger partial charge in [0.15, 0.2) is 17.7 Å². The number of hydrogen-bond acceptors (Lipinski definition) is 9. The van der Waals surface area contributed by atoms with Crippen LogP contribution in [-0.4, -0.2) is 49.9 Å². The van der Waals surface area contributed by atoms with Gasteiger partial charge in [0.2, 0.25) is 0 Å². The number of hydrazone groups is 1. The number of nitrogens with one attached hydrogen (secondary N) is 3. The Morgan fingerprint density at radius 2 is 1.88 bits per heavy atom. The predicted octanol–water partition coefficient (Wildman–Crippen LogP) is 4.55. The van der Waals surface area contributed by atoms with Crippen LogP contribution >= 0.6 is 15.9 Å². The third-order valence-electron chi connectivity index (χ3n) is 6.29. The molecular formula is C31H33BrN4O7. The van der Waals surface area contributed by atoms with Crippen LogP contribution < -0.4 is 30.3 Å². The molecular weight excluding hydrogens is 620 g/mol. The summed E-state index contributed by atoms with van der Waals surface area (Å²) in [4.78, 5) is 24.6. The van der Waals surface area contributed by atoms with Crippen LogP contribution in [-0.2, 0) is 16.1 Å². The maximum absolute atomic E-state index is 12.4. The number of carbonyl (C=O) groups excluding carboxylic acids is 2. The Balaban J connectivity index is 1.35. The normalized spacial score (nSPS) is 15.4. The fourth-order valence-electron chi connectivity index (χ4n) is 4.25. The smallest absolute Gasteiger partial charge is 0.337 e. The highest BCUT2D eigenvalue weighted by Crippen LogP contribution is 2.35. The van der Waals surface area contributed by atoms with Crippen LogP contribution in [0.15, 0.2) is 87.6 Å². The SMILES string of the molecule is CCOc1cc([C@@H]2NC(=O)NC(C)=C2C(=O)OC)ccc1OC[C@@H](O)N/N=C/c1cccc(OCc2ccc(Br)cc2)c1. The number of methoxy groups -OCH3 is 1. The second kappa shape index (κ2) is 15.1. The molecule has 1 aliphatic rings. The van der Waals surface area contributed by atoms with Gasteiger partial charge in [0.25, 0.3) is 0 Å². The number of aliphatic hydroxyl groups is 1. The zero-order valence-corrected chi connectivity index (χ0v) is 25.5. The third kappa shape index (κ3) is 8.72. The molecule has 2 amide bonds. The van der Waals surface area contributed by atoms with E-state index in [9.17, 15) is 14.7 Å². The number of ether oxygens (including phenoxy) is 4. The highest BCUT2D eigenvalue weighted by molar-refractivity contribution is 9.10. The van der Waals surface area contributed by atoms with Crippen molar-refractivity contribution in [2.45, 2.75) is 32.7 Å². The van der Waals surface area contributed by atoms with Crippen molar-refractivity contribution in [3.8, 4) is 17.2 Å². The molecule has 4 N–H and O–H groups in total. The molecule has 0 aliphatic carbocycles. The summed E-state index contributed by atoms with van der Waals surface area (Å²) in [7, 11) is 1.28. The van der Waals surface area contributed by atoms with Crippen molar-refractivity contribution in [2.75, 3.05) is 20.3 Å². The van der Waals surface area contributed by atoms with Crippen molar-refractivity contribution in [2.24, 2.45) is 5.10 Å². The molecule has 3 aromatic carbocycles. The molecule has 12 heteroatoms. The van der Waals surface area contributed by atoms with Gasteiger partial charge in [0, 0.05) is 10.2 Å². The Bertz CT molecular complexity index is 1490. The zero-order valence-electron chi connectivity index (χ0n) is 23.9. The second-order valence-corrected chi connectivity index (χ2v) is 10.3. The first-order chi connectivity index (χ1) is 20.8. The van der Waals surface area contributed by atoms with Gasteiger partial charge in [-0.1, -0.05) is 46.3 Å². The van der Waals surface area contributed by atoms with E-state index in [2.05, 4.69) is 37.1 Å². The zero-order chi connectivity index (χ0) is 30.8. The highest BCUT2D eigenvalue weighted by Gasteiger charge is 2.32. The Morgan fingerprint density at radius 1 is 1.09 bits per heavy atom. The van der Waals surface area contributed by atoms with E-state index in [1.165, 1.54) is 7.11 Å². The number of amides is 2. The number of halogens is 1. The molecule has 4 rings (SSSR count). The molecule has 0 radical (unpaired) electrons.